The molecule has 0 spiro atoms. The molecule has 1 N–H and O–H groups in total. The van der Waals surface area contributed by atoms with Crippen molar-refractivity contribution in [1.82, 2.24) is 5.32 Å². The standard InChI is InChI=1S/C13H18BrF2N/c1-17-7-5-3-2-4-6-10-8-13(16)11(14)9-12(10)15/h8-9,17H,2-7H2,1H3. The number of aryl methyl sites for hydroxylation is 1. The monoisotopic (exact) mass is 305 g/mol. The van der Waals surface area contributed by atoms with Crippen LogP contribution in [0.5, 0.6) is 0 Å². The average Bonchev–Trinajstić information content (AvgIpc) is 2.30. The third-order valence-corrected chi connectivity index (χ3v) is 3.32. The van der Waals surface area contributed by atoms with Gasteiger partial charge in [0.2, 0.25) is 0 Å². The third-order valence-electron chi connectivity index (χ3n) is 2.71. The molecule has 1 aromatic rings. The molecule has 0 unspecified atom stereocenters. The van der Waals surface area contributed by atoms with Crippen molar-refractivity contribution >= 4 is 15.9 Å². The summed E-state index contributed by atoms with van der Waals surface area (Å²) in [5.41, 5.74) is 0.472. The highest BCUT2D eigenvalue weighted by Gasteiger charge is 2.07. The molecule has 0 saturated heterocycles. The van der Waals surface area contributed by atoms with Gasteiger partial charge in [0.1, 0.15) is 11.6 Å². The molecule has 0 saturated carbocycles. The van der Waals surface area contributed by atoms with Crippen LogP contribution in [0.3, 0.4) is 0 Å². The van der Waals surface area contributed by atoms with Gasteiger partial charge in [-0.1, -0.05) is 12.8 Å². The van der Waals surface area contributed by atoms with Crippen LogP contribution >= 0.6 is 15.9 Å². The Balaban J connectivity index is 2.34. The first-order valence-corrected chi connectivity index (χ1v) is 6.72. The molecule has 0 aliphatic rings. The smallest absolute Gasteiger partial charge is 0.137 e. The van der Waals surface area contributed by atoms with Gasteiger partial charge in [-0.05, 0) is 66.5 Å². The zero-order valence-electron chi connectivity index (χ0n) is 10.0. The third kappa shape index (κ3) is 5.13. The van der Waals surface area contributed by atoms with E-state index >= 15 is 0 Å². The Morgan fingerprint density at radius 2 is 1.76 bits per heavy atom. The van der Waals surface area contributed by atoms with Gasteiger partial charge in [-0.15, -0.1) is 0 Å². The molecule has 0 aromatic heterocycles. The minimum Gasteiger partial charge on any atom is -0.320 e. The van der Waals surface area contributed by atoms with Crippen LogP contribution < -0.4 is 5.32 Å². The summed E-state index contributed by atoms with van der Waals surface area (Å²) in [4.78, 5) is 0. The molecule has 17 heavy (non-hydrogen) atoms. The molecule has 0 radical (unpaired) electrons. The van der Waals surface area contributed by atoms with Crippen LogP contribution in [0.2, 0.25) is 0 Å². The van der Waals surface area contributed by atoms with E-state index in [1.54, 1.807) is 0 Å². The van der Waals surface area contributed by atoms with Crippen molar-refractivity contribution in [2.75, 3.05) is 13.6 Å². The fraction of sp³-hybridized carbons (Fsp3) is 0.538. The molecular formula is C13H18BrF2N. The van der Waals surface area contributed by atoms with Crippen LogP contribution in [0.15, 0.2) is 16.6 Å². The number of hydrogen-bond donors (Lipinski definition) is 1. The number of unbranched alkanes of at least 4 members (excludes halogenated alkanes) is 3. The second kappa shape index (κ2) is 7.77. The van der Waals surface area contributed by atoms with Crippen molar-refractivity contribution in [1.29, 1.82) is 0 Å². The fourth-order valence-electron chi connectivity index (χ4n) is 1.73. The Morgan fingerprint density at radius 1 is 1.06 bits per heavy atom. The van der Waals surface area contributed by atoms with Gasteiger partial charge < -0.3 is 5.32 Å². The van der Waals surface area contributed by atoms with Crippen molar-refractivity contribution < 1.29 is 8.78 Å². The molecule has 1 rings (SSSR count). The van der Waals surface area contributed by atoms with E-state index in [0.29, 0.717) is 12.0 Å². The molecule has 0 fully saturated rings. The van der Waals surface area contributed by atoms with Gasteiger partial charge in [0.15, 0.2) is 0 Å². The lowest BCUT2D eigenvalue weighted by molar-refractivity contribution is 0.566. The quantitative estimate of drug-likeness (QED) is 0.592. The predicted octanol–water partition coefficient (Wildman–Crippen LogP) is 4.05. The Hall–Kier alpha value is -0.480. The number of rotatable bonds is 7. The van der Waals surface area contributed by atoms with E-state index in [9.17, 15) is 8.78 Å². The zero-order valence-corrected chi connectivity index (χ0v) is 11.6. The van der Waals surface area contributed by atoms with Crippen molar-refractivity contribution in [2.45, 2.75) is 32.1 Å². The van der Waals surface area contributed by atoms with E-state index in [2.05, 4.69) is 21.2 Å². The van der Waals surface area contributed by atoms with E-state index < -0.39 is 5.82 Å². The first-order valence-electron chi connectivity index (χ1n) is 5.93. The molecule has 0 bridgehead atoms. The maximum atomic E-state index is 13.5. The van der Waals surface area contributed by atoms with Crippen molar-refractivity contribution in [3.05, 3.63) is 33.8 Å². The second-order valence-corrected chi connectivity index (χ2v) is 4.98. The minimum absolute atomic E-state index is 0.188. The molecule has 1 aromatic carbocycles. The topological polar surface area (TPSA) is 12.0 Å². The second-order valence-electron chi connectivity index (χ2n) is 4.13. The van der Waals surface area contributed by atoms with Gasteiger partial charge in [0.25, 0.3) is 0 Å². The van der Waals surface area contributed by atoms with Crippen LogP contribution in [-0.2, 0) is 6.42 Å². The Labute approximate surface area is 110 Å². The Bertz CT molecular complexity index is 356. The van der Waals surface area contributed by atoms with Gasteiger partial charge in [0, 0.05) is 0 Å². The number of hydrogen-bond acceptors (Lipinski definition) is 1. The maximum absolute atomic E-state index is 13.5. The molecule has 0 aliphatic carbocycles. The molecular weight excluding hydrogens is 288 g/mol. The summed E-state index contributed by atoms with van der Waals surface area (Å²) < 4.78 is 26.9. The van der Waals surface area contributed by atoms with Crippen LogP contribution in [0.4, 0.5) is 8.78 Å². The first kappa shape index (κ1) is 14.6. The lowest BCUT2D eigenvalue weighted by atomic mass is 10.1. The number of nitrogens with one attached hydrogen (secondary N) is 1. The van der Waals surface area contributed by atoms with Crippen molar-refractivity contribution in [2.24, 2.45) is 0 Å². The number of benzene rings is 1. The Kier molecular flexibility index (Phi) is 6.66. The highest BCUT2D eigenvalue weighted by atomic mass is 79.9. The molecule has 4 heteroatoms. The van der Waals surface area contributed by atoms with Crippen LogP contribution in [0.1, 0.15) is 31.2 Å². The molecule has 96 valence electrons. The predicted molar refractivity (Wildman–Crippen MR) is 70.2 cm³/mol. The lowest BCUT2D eigenvalue weighted by Gasteiger charge is -2.05. The summed E-state index contributed by atoms with van der Waals surface area (Å²) in [6.07, 6.45) is 4.82. The largest absolute Gasteiger partial charge is 0.320 e. The summed E-state index contributed by atoms with van der Waals surface area (Å²) in [7, 11) is 1.93. The highest BCUT2D eigenvalue weighted by molar-refractivity contribution is 9.10. The molecule has 0 amide bonds. The van der Waals surface area contributed by atoms with E-state index in [1.165, 1.54) is 12.1 Å². The van der Waals surface area contributed by atoms with E-state index in [4.69, 9.17) is 0 Å². The van der Waals surface area contributed by atoms with E-state index in [0.717, 1.165) is 32.2 Å². The van der Waals surface area contributed by atoms with Gasteiger partial charge in [-0.25, -0.2) is 8.78 Å². The summed E-state index contributed by atoms with van der Waals surface area (Å²) in [5, 5.41) is 3.08. The van der Waals surface area contributed by atoms with Crippen LogP contribution in [0, 0.1) is 11.6 Å². The van der Waals surface area contributed by atoms with E-state index in [-0.39, 0.29) is 10.3 Å². The maximum Gasteiger partial charge on any atom is 0.137 e. The van der Waals surface area contributed by atoms with Gasteiger partial charge in [-0.2, -0.15) is 0 Å². The first-order chi connectivity index (χ1) is 8.15. The lowest BCUT2D eigenvalue weighted by Crippen LogP contribution is -2.07. The van der Waals surface area contributed by atoms with E-state index in [1.807, 2.05) is 7.05 Å². The molecule has 0 aliphatic heterocycles. The van der Waals surface area contributed by atoms with Crippen LogP contribution in [-0.4, -0.2) is 13.6 Å². The number of halogens is 3. The highest BCUT2D eigenvalue weighted by Crippen LogP contribution is 2.21. The fourth-order valence-corrected chi connectivity index (χ4v) is 2.04. The van der Waals surface area contributed by atoms with Gasteiger partial charge in [0.05, 0.1) is 4.47 Å². The summed E-state index contributed by atoms with van der Waals surface area (Å²) in [5.74, 6) is -0.718. The zero-order chi connectivity index (χ0) is 12.7. The SMILES string of the molecule is CNCCCCCCc1cc(F)c(Br)cc1F. The van der Waals surface area contributed by atoms with Gasteiger partial charge >= 0.3 is 0 Å². The Morgan fingerprint density at radius 3 is 2.47 bits per heavy atom. The van der Waals surface area contributed by atoms with Gasteiger partial charge in [-0.3, -0.25) is 0 Å². The average molecular weight is 306 g/mol. The van der Waals surface area contributed by atoms with Crippen LogP contribution in [0.25, 0.3) is 0 Å². The normalized spacial score (nSPS) is 10.8. The molecule has 0 atom stereocenters. The summed E-state index contributed by atoms with van der Waals surface area (Å²) >= 11 is 2.97. The molecule has 0 heterocycles. The van der Waals surface area contributed by atoms with Crippen molar-refractivity contribution in [3.63, 3.8) is 0 Å². The summed E-state index contributed by atoms with van der Waals surface area (Å²) in [6.45, 7) is 1.02. The minimum atomic E-state index is -0.392. The van der Waals surface area contributed by atoms with Crippen molar-refractivity contribution in [3.8, 4) is 0 Å². The molecule has 1 nitrogen and oxygen atoms in total. The summed E-state index contributed by atoms with van der Waals surface area (Å²) in [6, 6.07) is 2.48.